The quantitative estimate of drug-likeness (QED) is 0.871. The van der Waals surface area contributed by atoms with Crippen LogP contribution in [0.1, 0.15) is 31.2 Å². The minimum atomic E-state index is -3.57. The normalized spacial score (nSPS) is 22.4. The molecule has 2 aliphatic rings. The van der Waals surface area contributed by atoms with E-state index in [1.165, 1.54) is 0 Å². The van der Waals surface area contributed by atoms with Gasteiger partial charge in [-0.05, 0) is 67.9 Å². The molecule has 1 N–H and O–H groups in total. The van der Waals surface area contributed by atoms with Gasteiger partial charge in [0.05, 0.1) is 16.9 Å². The van der Waals surface area contributed by atoms with Crippen LogP contribution in [0.2, 0.25) is 0 Å². The van der Waals surface area contributed by atoms with Gasteiger partial charge < -0.3 is 15.0 Å². The third kappa shape index (κ3) is 3.32. The Labute approximate surface area is 161 Å². The Kier molecular flexibility index (Phi) is 4.86. The Bertz CT molecular complexity index is 942. The predicted molar refractivity (Wildman–Crippen MR) is 106 cm³/mol. The fraction of sp³-hybridized carbons (Fsp3) is 0.429. The molecule has 144 valence electrons. The second kappa shape index (κ2) is 7.17. The van der Waals surface area contributed by atoms with Crippen LogP contribution in [0.4, 0.5) is 5.69 Å². The molecule has 0 aliphatic carbocycles. The lowest BCUT2D eigenvalue weighted by Crippen LogP contribution is -2.25. The molecule has 1 saturated heterocycles. The summed E-state index contributed by atoms with van der Waals surface area (Å²) in [5.74, 6) is 0.916. The molecule has 2 aromatic carbocycles. The van der Waals surface area contributed by atoms with Crippen LogP contribution in [0.3, 0.4) is 0 Å². The van der Waals surface area contributed by atoms with Crippen LogP contribution in [0.5, 0.6) is 5.75 Å². The summed E-state index contributed by atoms with van der Waals surface area (Å²) in [4.78, 5) is 3.09. The third-order valence-corrected chi connectivity index (χ3v) is 7.62. The molecule has 2 aliphatic heterocycles. The Hall–Kier alpha value is -2.05. The smallest absolute Gasteiger partial charge is 0.206 e. The first-order valence-electron chi connectivity index (χ1n) is 9.55. The zero-order chi connectivity index (χ0) is 19.0. The minimum Gasteiger partial charge on any atom is -0.497 e. The maximum Gasteiger partial charge on any atom is 0.206 e. The maximum atomic E-state index is 13.1. The number of sulfone groups is 1. The minimum absolute atomic E-state index is 0.266. The van der Waals surface area contributed by atoms with Gasteiger partial charge in [0.15, 0.2) is 0 Å². The molecular weight excluding hydrogens is 360 g/mol. The monoisotopic (exact) mass is 386 g/mol. The molecular formula is C21H26N2O3S. The van der Waals surface area contributed by atoms with Gasteiger partial charge in [-0.1, -0.05) is 13.0 Å². The lowest BCUT2D eigenvalue weighted by molar-refractivity contribution is 0.298. The number of benzene rings is 2. The number of anilines is 1. The summed E-state index contributed by atoms with van der Waals surface area (Å²) in [6.45, 7) is 5.41. The van der Waals surface area contributed by atoms with Gasteiger partial charge in [-0.3, -0.25) is 0 Å². The molecule has 6 heteroatoms. The van der Waals surface area contributed by atoms with E-state index in [0.29, 0.717) is 22.6 Å². The zero-order valence-electron chi connectivity index (χ0n) is 15.8. The van der Waals surface area contributed by atoms with Gasteiger partial charge in [-0.15, -0.1) is 0 Å². The highest BCUT2D eigenvalue weighted by Crippen LogP contribution is 2.42. The van der Waals surface area contributed by atoms with Crippen LogP contribution in [0, 0.1) is 0 Å². The lowest BCUT2D eigenvalue weighted by atomic mass is 9.91. The predicted octanol–water partition coefficient (Wildman–Crippen LogP) is 3.52. The van der Waals surface area contributed by atoms with Gasteiger partial charge in [0, 0.05) is 24.2 Å². The maximum absolute atomic E-state index is 13.1. The SMILES string of the molecule is CCN1CCC2Nc3ccc(S(=O)(=O)c4cccc(OC)c4)cc3[C@H]2CC1. The molecule has 2 atom stereocenters. The number of fused-ring (bicyclic) bond motifs is 3. The Morgan fingerprint density at radius 2 is 1.89 bits per heavy atom. The summed E-state index contributed by atoms with van der Waals surface area (Å²) in [6, 6.07) is 12.6. The molecule has 2 aromatic rings. The van der Waals surface area contributed by atoms with Crippen molar-refractivity contribution < 1.29 is 13.2 Å². The summed E-state index contributed by atoms with van der Waals surface area (Å²) in [5, 5.41) is 3.62. The third-order valence-electron chi connectivity index (χ3n) is 5.87. The number of nitrogens with zero attached hydrogens (tertiary/aromatic N) is 1. The Balaban J connectivity index is 1.68. The summed E-state index contributed by atoms with van der Waals surface area (Å²) >= 11 is 0. The molecule has 27 heavy (non-hydrogen) atoms. The van der Waals surface area contributed by atoms with Crippen molar-refractivity contribution in [3.63, 3.8) is 0 Å². The number of rotatable bonds is 4. The van der Waals surface area contributed by atoms with E-state index in [4.69, 9.17) is 4.74 Å². The van der Waals surface area contributed by atoms with E-state index in [-0.39, 0.29) is 4.90 Å². The summed E-state index contributed by atoms with van der Waals surface area (Å²) in [7, 11) is -2.03. The highest BCUT2D eigenvalue weighted by atomic mass is 32.2. The molecule has 0 radical (unpaired) electrons. The fourth-order valence-corrected chi connectivity index (χ4v) is 5.60. The van der Waals surface area contributed by atoms with Crippen molar-refractivity contribution in [3.8, 4) is 5.75 Å². The number of ether oxygens (including phenoxy) is 1. The van der Waals surface area contributed by atoms with E-state index in [2.05, 4.69) is 17.1 Å². The number of hydrogen-bond donors (Lipinski definition) is 1. The molecule has 5 nitrogen and oxygen atoms in total. The van der Waals surface area contributed by atoms with Gasteiger partial charge in [0.25, 0.3) is 0 Å². The first kappa shape index (κ1) is 18.3. The van der Waals surface area contributed by atoms with Crippen molar-refractivity contribution in [1.82, 2.24) is 4.90 Å². The first-order valence-corrected chi connectivity index (χ1v) is 11.0. The van der Waals surface area contributed by atoms with Gasteiger partial charge in [0.2, 0.25) is 9.84 Å². The number of hydrogen-bond acceptors (Lipinski definition) is 5. The van der Waals surface area contributed by atoms with Crippen molar-refractivity contribution in [2.45, 2.75) is 41.5 Å². The van der Waals surface area contributed by atoms with Gasteiger partial charge in [-0.2, -0.15) is 0 Å². The van der Waals surface area contributed by atoms with Gasteiger partial charge in [0.1, 0.15) is 5.75 Å². The largest absolute Gasteiger partial charge is 0.497 e. The van der Waals surface area contributed by atoms with Crippen LogP contribution in [0.25, 0.3) is 0 Å². The summed E-state index contributed by atoms with van der Waals surface area (Å²) < 4.78 is 31.5. The van der Waals surface area contributed by atoms with Crippen LogP contribution >= 0.6 is 0 Å². The highest BCUT2D eigenvalue weighted by Gasteiger charge is 2.35. The molecule has 0 amide bonds. The average Bonchev–Trinajstić information content (AvgIpc) is 2.91. The Morgan fingerprint density at radius 3 is 2.67 bits per heavy atom. The van der Waals surface area contributed by atoms with Crippen molar-refractivity contribution in [2.75, 3.05) is 32.1 Å². The van der Waals surface area contributed by atoms with Crippen LogP contribution in [-0.4, -0.2) is 46.1 Å². The standard InChI is InChI=1S/C21H26N2O3S/c1-3-23-11-9-18-19-14-17(7-8-20(19)22-21(18)10-12-23)27(24,25)16-6-4-5-15(13-16)26-2/h4-8,13-14,18,21-22H,3,9-12H2,1-2H3/t18-,21?/m1/s1. The molecule has 2 heterocycles. The van der Waals surface area contributed by atoms with E-state index >= 15 is 0 Å². The second-order valence-corrected chi connectivity index (χ2v) is 9.25. The molecule has 0 spiro atoms. The highest BCUT2D eigenvalue weighted by molar-refractivity contribution is 7.91. The van der Waals surface area contributed by atoms with Crippen LogP contribution < -0.4 is 10.1 Å². The van der Waals surface area contributed by atoms with E-state index in [9.17, 15) is 8.42 Å². The molecule has 0 bridgehead atoms. The van der Waals surface area contributed by atoms with Gasteiger partial charge >= 0.3 is 0 Å². The first-order chi connectivity index (χ1) is 13.0. The summed E-state index contributed by atoms with van der Waals surface area (Å²) in [5.41, 5.74) is 2.22. The molecule has 1 unspecified atom stereocenters. The zero-order valence-corrected chi connectivity index (χ0v) is 16.6. The topological polar surface area (TPSA) is 58.6 Å². The van der Waals surface area contributed by atoms with Crippen LogP contribution in [0.15, 0.2) is 52.3 Å². The van der Waals surface area contributed by atoms with E-state index < -0.39 is 9.84 Å². The average molecular weight is 387 g/mol. The molecule has 0 aromatic heterocycles. The van der Waals surface area contributed by atoms with Crippen LogP contribution in [-0.2, 0) is 9.84 Å². The molecule has 4 rings (SSSR count). The van der Waals surface area contributed by atoms with E-state index in [0.717, 1.165) is 43.7 Å². The van der Waals surface area contributed by atoms with Crippen molar-refractivity contribution >= 4 is 15.5 Å². The lowest BCUT2D eigenvalue weighted by Gasteiger charge is -2.17. The van der Waals surface area contributed by atoms with E-state index in [1.54, 1.807) is 37.4 Å². The Morgan fingerprint density at radius 1 is 1.11 bits per heavy atom. The van der Waals surface area contributed by atoms with Crippen molar-refractivity contribution in [3.05, 3.63) is 48.0 Å². The van der Waals surface area contributed by atoms with Crippen molar-refractivity contribution in [2.24, 2.45) is 0 Å². The summed E-state index contributed by atoms with van der Waals surface area (Å²) in [6.07, 6.45) is 2.15. The number of methoxy groups -OCH3 is 1. The van der Waals surface area contributed by atoms with Crippen molar-refractivity contribution in [1.29, 1.82) is 0 Å². The number of likely N-dealkylation sites (tertiary alicyclic amines) is 1. The fourth-order valence-electron chi connectivity index (χ4n) is 4.27. The van der Waals surface area contributed by atoms with E-state index in [1.807, 2.05) is 12.1 Å². The molecule has 0 saturated carbocycles. The second-order valence-electron chi connectivity index (χ2n) is 7.30. The number of nitrogens with one attached hydrogen (secondary N) is 1. The molecule has 1 fully saturated rings. The van der Waals surface area contributed by atoms with Gasteiger partial charge in [-0.25, -0.2) is 8.42 Å².